The molecule has 0 saturated carbocycles. The predicted octanol–water partition coefficient (Wildman–Crippen LogP) is 1.80. The van der Waals surface area contributed by atoms with Crippen LogP contribution in [0.25, 0.3) is 0 Å². The van der Waals surface area contributed by atoms with Crippen molar-refractivity contribution in [1.82, 2.24) is 4.72 Å². The topological polar surface area (TPSA) is 72.2 Å². The van der Waals surface area contributed by atoms with Crippen LogP contribution in [-0.2, 0) is 16.4 Å². The molecule has 3 N–H and O–H groups in total. The molecule has 0 aliphatic carbocycles. The summed E-state index contributed by atoms with van der Waals surface area (Å²) in [5.74, 6) is 0.0534. The van der Waals surface area contributed by atoms with Gasteiger partial charge in [-0.15, -0.1) is 0 Å². The summed E-state index contributed by atoms with van der Waals surface area (Å²) in [6, 6.07) is 5.16. The molecule has 0 atom stereocenters. The first kappa shape index (κ1) is 15.7. The molecule has 1 rings (SSSR count). The van der Waals surface area contributed by atoms with Crippen molar-refractivity contribution in [1.29, 1.82) is 0 Å². The van der Waals surface area contributed by atoms with E-state index < -0.39 is 10.0 Å². The zero-order valence-corrected chi connectivity index (χ0v) is 12.2. The van der Waals surface area contributed by atoms with Gasteiger partial charge in [0.15, 0.2) is 0 Å². The van der Waals surface area contributed by atoms with Gasteiger partial charge in [0.1, 0.15) is 0 Å². The van der Waals surface area contributed by atoms with Crippen LogP contribution in [0.5, 0.6) is 0 Å². The minimum absolute atomic E-state index is 0.0534. The van der Waals surface area contributed by atoms with Crippen LogP contribution in [0.15, 0.2) is 18.2 Å². The van der Waals surface area contributed by atoms with Crippen molar-refractivity contribution in [3.05, 3.63) is 33.8 Å². The van der Waals surface area contributed by atoms with Crippen LogP contribution in [0.4, 0.5) is 0 Å². The molecular formula is C11H16Cl2N2O2S. The molecule has 0 heterocycles. The van der Waals surface area contributed by atoms with E-state index in [4.69, 9.17) is 28.9 Å². The number of benzene rings is 1. The summed E-state index contributed by atoms with van der Waals surface area (Å²) in [4.78, 5) is 0. The third kappa shape index (κ3) is 5.54. The fraction of sp³-hybridized carbons (Fsp3) is 0.455. The van der Waals surface area contributed by atoms with Gasteiger partial charge in [0.05, 0.1) is 5.75 Å². The van der Waals surface area contributed by atoms with E-state index in [2.05, 4.69) is 4.72 Å². The lowest BCUT2D eigenvalue weighted by Gasteiger charge is -2.07. The minimum Gasteiger partial charge on any atom is -0.330 e. The Bertz CT molecular complexity index is 492. The summed E-state index contributed by atoms with van der Waals surface area (Å²) in [6.07, 6.45) is 0.981. The SMILES string of the molecule is NCCCS(=O)(=O)NCCc1ccc(Cl)cc1Cl. The number of halogens is 2. The highest BCUT2D eigenvalue weighted by Crippen LogP contribution is 2.21. The van der Waals surface area contributed by atoms with Gasteiger partial charge in [-0.25, -0.2) is 13.1 Å². The number of sulfonamides is 1. The lowest BCUT2D eigenvalue weighted by atomic mass is 10.1. The van der Waals surface area contributed by atoms with Crippen LogP contribution in [0.3, 0.4) is 0 Å². The molecule has 0 fully saturated rings. The summed E-state index contributed by atoms with van der Waals surface area (Å²) in [7, 11) is -3.23. The van der Waals surface area contributed by atoms with Gasteiger partial charge in [-0.2, -0.15) is 0 Å². The molecular weight excluding hydrogens is 295 g/mol. The molecule has 18 heavy (non-hydrogen) atoms. The number of nitrogens with one attached hydrogen (secondary N) is 1. The fourth-order valence-electron chi connectivity index (χ4n) is 1.41. The average molecular weight is 311 g/mol. The molecule has 0 unspecified atom stereocenters. The highest BCUT2D eigenvalue weighted by Gasteiger charge is 2.09. The van der Waals surface area contributed by atoms with Crippen LogP contribution < -0.4 is 10.5 Å². The highest BCUT2D eigenvalue weighted by atomic mass is 35.5. The zero-order valence-electron chi connectivity index (χ0n) is 9.83. The summed E-state index contributed by atoms with van der Waals surface area (Å²) in [6.45, 7) is 0.679. The summed E-state index contributed by atoms with van der Waals surface area (Å²) >= 11 is 11.8. The van der Waals surface area contributed by atoms with Gasteiger partial charge in [0.2, 0.25) is 10.0 Å². The molecule has 0 saturated heterocycles. The molecule has 0 aromatic heterocycles. The second kappa shape index (κ2) is 7.31. The van der Waals surface area contributed by atoms with Crippen molar-refractivity contribution in [3.63, 3.8) is 0 Å². The third-order valence-corrected chi connectivity index (χ3v) is 4.41. The van der Waals surface area contributed by atoms with E-state index in [0.717, 1.165) is 5.56 Å². The van der Waals surface area contributed by atoms with Crippen LogP contribution in [0.1, 0.15) is 12.0 Å². The van der Waals surface area contributed by atoms with Gasteiger partial charge in [-0.3, -0.25) is 0 Å². The second-order valence-electron chi connectivity index (χ2n) is 3.84. The standard InChI is InChI=1S/C11H16Cl2N2O2S/c12-10-3-2-9(11(13)8-10)4-6-15-18(16,17)7-1-5-14/h2-3,8,15H,1,4-7,14H2. The minimum atomic E-state index is -3.23. The molecule has 1 aromatic carbocycles. The highest BCUT2D eigenvalue weighted by molar-refractivity contribution is 7.89. The van der Waals surface area contributed by atoms with E-state index in [-0.39, 0.29) is 5.75 Å². The Hall–Kier alpha value is -0.330. The number of hydrogen-bond acceptors (Lipinski definition) is 3. The Morgan fingerprint density at radius 3 is 2.61 bits per heavy atom. The van der Waals surface area contributed by atoms with Crippen LogP contribution >= 0.6 is 23.2 Å². The first-order valence-corrected chi connectivity index (χ1v) is 7.97. The second-order valence-corrected chi connectivity index (χ2v) is 6.61. The largest absolute Gasteiger partial charge is 0.330 e. The average Bonchev–Trinajstić information content (AvgIpc) is 2.29. The summed E-state index contributed by atoms with van der Waals surface area (Å²) in [5, 5.41) is 1.11. The van der Waals surface area contributed by atoms with Gasteiger partial charge in [0, 0.05) is 16.6 Å². The molecule has 4 nitrogen and oxygen atoms in total. The fourth-order valence-corrected chi connectivity index (χ4v) is 3.02. The maximum Gasteiger partial charge on any atom is 0.211 e. The van der Waals surface area contributed by atoms with E-state index in [9.17, 15) is 8.42 Å². The zero-order chi connectivity index (χ0) is 13.6. The van der Waals surface area contributed by atoms with Crippen molar-refractivity contribution in [3.8, 4) is 0 Å². The molecule has 7 heteroatoms. The number of hydrogen-bond donors (Lipinski definition) is 2. The molecule has 0 spiro atoms. The Balaban J connectivity index is 2.46. The van der Waals surface area contributed by atoms with Crippen molar-refractivity contribution in [2.75, 3.05) is 18.8 Å². The van der Waals surface area contributed by atoms with Crippen molar-refractivity contribution < 1.29 is 8.42 Å². The van der Waals surface area contributed by atoms with Gasteiger partial charge in [-0.05, 0) is 37.1 Å². The van der Waals surface area contributed by atoms with Crippen molar-refractivity contribution in [2.45, 2.75) is 12.8 Å². The quantitative estimate of drug-likeness (QED) is 0.806. The Labute approximate surface area is 118 Å². The van der Waals surface area contributed by atoms with Crippen molar-refractivity contribution in [2.24, 2.45) is 5.73 Å². The molecule has 0 radical (unpaired) electrons. The molecule has 102 valence electrons. The van der Waals surface area contributed by atoms with Gasteiger partial charge < -0.3 is 5.73 Å². The first-order chi connectivity index (χ1) is 8.44. The Morgan fingerprint density at radius 1 is 1.28 bits per heavy atom. The van der Waals surface area contributed by atoms with Crippen molar-refractivity contribution >= 4 is 33.2 Å². The Morgan fingerprint density at radius 2 is 2.00 bits per heavy atom. The number of rotatable bonds is 7. The van der Waals surface area contributed by atoms with E-state index in [1.165, 1.54) is 0 Å². The molecule has 1 aromatic rings. The molecule has 0 amide bonds. The van der Waals surface area contributed by atoms with E-state index in [1.807, 2.05) is 0 Å². The van der Waals surface area contributed by atoms with E-state index >= 15 is 0 Å². The van der Waals surface area contributed by atoms with E-state index in [0.29, 0.717) is 36.0 Å². The van der Waals surface area contributed by atoms with E-state index in [1.54, 1.807) is 18.2 Å². The summed E-state index contributed by atoms with van der Waals surface area (Å²) < 4.78 is 25.5. The lowest BCUT2D eigenvalue weighted by molar-refractivity contribution is 0.579. The predicted molar refractivity (Wildman–Crippen MR) is 75.6 cm³/mol. The smallest absolute Gasteiger partial charge is 0.211 e. The summed E-state index contributed by atoms with van der Waals surface area (Å²) in [5.41, 5.74) is 6.13. The lowest BCUT2D eigenvalue weighted by Crippen LogP contribution is -2.29. The monoisotopic (exact) mass is 310 g/mol. The van der Waals surface area contributed by atoms with Gasteiger partial charge in [0.25, 0.3) is 0 Å². The van der Waals surface area contributed by atoms with Crippen LogP contribution in [-0.4, -0.2) is 27.3 Å². The van der Waals surface area contributed by atoms with Crippen LogP contribution in [0, 0.1) is 0 Å². The van der Waals surface area contributed by atoms with Gasteiger partial charge >= 0.3 is 0 Å². The van der Waals surface area contributed by atoms with Gasteiger partial charge in [-0.1, -0.05) is 29.3 Å². The van der Waals surface area contributed by atoms with Crippen LogP contribution in [0.2, 0.25) is 10.0 Å². The molecule has 0 aliphatic rings. The number of nitrogens with two attached hydrogens (primary N) is 1. The maximum absolute atomic E-state index is 11.5. The molecule has 0 aliphatic heterocycles. The molecule has 0 bridgehead atoms. The first-order valence-electron chi connectivity index (χ1n) is 5.56. The third-order valence-electron chi connectivity index (χ3n) is 2.35. The Kier molecular flexibility index (Phi) is 6.38. The normalized spacial score (nSPS) is 11.7. The maximum atomic E-state index is 11.5.